The van der Waals surface area contributed by atoms with Gasteiger partial charge in [0.05, 0.1) is 0 Å². The molecule has 1 unspecified atom stereocenters. The first-order valence-electron chi connectivity index (χ1n) is 7.51. The molecule has 2 N–H and O–H groups in total. The molecule has 0 aromatic heterocycles. The van der Waals surface area contributed by atoms with E-state index in [1.807, 2.05) is 6.92 Å². The van der Waals surface area contributed by atoms with Crippen LogP contribution < -0.4 is 5.73 Å². The average Bonchev–Trinajstić information content (AvgIpc) is 2.47. The Bertz CT molecular complexity index is 587. The fourth-order valence-electron chi connectivity index (χ4n) is 2.92. The predicted octanol–water partition coefficient (Wildman–Crippen LogP) is 2.63. The Hall–Kier alpha value is -0.980. The minimum Gasteiger partial charge on any atom is -0.326 e. The summed E-state index contributed by atoms with van der Waals surface area (Å²) in [4.78, 5) is -0.234. The van der Waals surface area contributed by atoms with E-state index in [9.17, 15) is 12.8 Å². The molecule has 0 radical (unpaired) electrons. The summed E-state index contributed by atoms with van der Waals surface area (Å²) in [5.41, 5.74) is 6.05. The third kappa shape index (κ3) is 3.44. The zero-order valence-corrected chi connectivity index (χ0v) is 13.2. The summed E-state index contributed by atoms with van der Waals surface area (Å²) in [6, 6.07) is 4.12. The van der Waals surface area contributed by atoms with E-state index in [0.29, 0.717) is 12.1 Å². The van der Waals surface area contributed by atoms with Gasteiger partial charge in [0.2, 0.25) is 10.0 Å². The molecule has 0 bridgehead atoms. The number of hydrogen-bond acceptors (Lipinski definition) is 3. The number of benzene rings is 1. The van der Waals surface area contributed by atoms with Gasteiger partial charge in [-0.25, -0.2) is 12.8 Å². The van der Waals surface area contributed by atoms with E-state index >= 15 is 0 Å². The molecule has 0 amide bonds. The van der Waals surface area contributed by atoms with Crippen molar-refractivity contribution in [3.8, 4) is 0 Å². The first-order chi connectivity index (χ1) is 10.0. The highest BCUT2D eigenvalue weighted by atomic mass is 32.2. The molecule has 118 valence electrons. The Labute approximate surface area is 126 Å². The van der Waals surface area contributed by atoms with Crippen molar-refractivity contribution in [1.82, 2.24) is 4.31 Å². The van der Waals surface area contributed by atoms with Crippen LogP contribution in [0.1, 0.15) is 44.6 Å². The fourth-order valence-corrected chi connectivity index (χ4v) is 4.69. The second kappa shape index (κ2) is 6.85. The second-order valence-corrected chi connectivity index (χ2v) is 7.38. The van der Waals surface area contributed by atoms with Crippen LogP contribution in [0.3, 0.4) is 0 Å². The number of nitrogens with two attached hydrogens (primary N) is 1. The molecule has 0 saturated carbocycles. The maximum Gasteiger partial charge on any atom is 0.246 e. The summed E-state index contributed by atoms with van der Waals surface area (Å²) >= 11 is 0. The first-order valence-corrected chi connectivity index (χ1v) is 8.95. The largest absolute Gasteiger partial charge is 0.326 e. The molecule has 1 aromatic rings. The van der Waals surface area contributed by atoms with Crippen molar-refractivity contribution in [2.75, 3.05) is 6.54 Å². The maximum atomic E-state index is 14.1. The molecule has 1 saturated heterocycles. The van der Waals surface area contributed by atoms with Gasteiger partial charge in [0.15, 0.2) is 0 Å². The van der Waals surface area contributed by atoms with Crippen LogP contribution in [0.4, 0.5) is 4.39 Å². The van der Waals surface area contributed by atoms with Gasteiger partial charge >= 0.3 is 0 Å². The van der Waals surface area contributed by atoms with Gasteiger partial charge in [0.25, 0.3) is 0 Å². The van der Waals surface area contributed by atoms with E-state index < -0.39 is 15.8 Å². The quantitative estimate of drug-likeness (QED) is 0.908. The van der Waals surface area contributed by atoms with E-state index in [2.05, 4.69) is 0 Å². The molecule has 1 aromatic carbocycles. The van der Waals surface area contributed by atoms with Crippen LogP contribution in [0.2, 0.25) is 0 Å². The Kier molecular flexibility index (Phi) is 5.35. The third-order valence-electron chi connectivity index (χ3n) is 4.01. The number of nitrogens with zero attached hydrogens (tertiary/aromatic N) is 1. The maximum absolute atomic E-state index is 14.1. The number of sulfonamides is 1. The number of hydrogen-bond donors (Lipinski definition) is 1. The Balaban J connectivity index is 2.35. The molecule has 2 rings (SSSR count). The van der Waals surface area contributed by atoms with E-state index in [0.717, 1.165) is 32.1 Å². The third-order valence-corrected chi connectivity index (χ3v) is 6.00. The van der Waals surface area contributed by atoms with Crippen LogP contribution in [0.15, 0.2) is 23.1 Å². The Morgan fingerprint density at radius 2 is 2.14 bits per heavy atom. The molecule has 1 atom stereocenters. The van der Waals surface area contributed by atoms with Crippen molar-refractivity contribution in [2.45, 2.75) is 56.5 Å². The molecule has 0 aliphatic carbocycles. The van der Waals surface area contributed by atoms with Crippen molar-refractivity contribution in [3.63, 3.8) is 0 Å². The van der Waals surface area contributed by atoms with Gasteiger partial charge in [-0.2, -0.15) is 4.31 Å². The fraction of sp³-hybridized carbons (Fsp3) is 0.600. The lowest BCUT2D eigenvalue weighted by Gasteiger charge is -2.34. The SMILES string of the molecule is CCCC1CCCCN1S(=O)(=O)c1ccc(CN)cc1F. The van der Waals surface area contributed by atoms with Crippen LogP contribution in [0, 0.1) is 5.82 Å². The summed E-state index contributed by atoms with van der Waals surface area (Å²) in [5, 5.41) is 0. The molecular formula is C15H23FN2O2S. The average molecular weight is 314 g/mol. The van der Waals surface area contributed by atoms with Crippen LogP contribution in [-0.4, -0.2) is 25.3 Å². The topological polar surface area (TPSA) is 63.4 Å². The van der Waals surface area contributed by atoms with Gasteiger partial charge in [-0.15, -0.1) is 0 Å². The van der Waals surface area contributed by atoms with Gasteiger partial charge < -0.3 is 5.73 Å². The number of rotatable bonds is 5. The molecule has 21 heavy (non-hydrogen) atoms. The molecule has 1 heterocycles. The molecule has 4 nitrogen and oxygen atoms in total. The standard InChI is InChI=1S/C15H23FN2O2S/c1-2-5-13-6-3-4-9-18(13)21(19,20)15-8-7-12(11-17)10-14(15)16/h7-8,10,13H,2-6,9,11,17H2,1H3. The van der Waals surface area contributed by atoms with Crippen molar-refractivity contribution in [2.24, 2.45) is 5.73 Å². The van der Waals surface area contributed by atoms with Gasteiger partial charge in [-0.3, -0.25) is 0 Å². The Morgan fingerprint density at radius 1 is 1.38 bits per heavy atom. The summed E-state index contributed by atoms with van der Waals surface area (Å²) in [6.45, 7) is 2.71. The Morgan fingerprint density at radius 3 is 2.76 bits per heavy atom. The smallest absolute Gasteiger partial charge is 0.246 e. The molecule has 1 aliphatic heterocycles. The molecule has 1 fully saturated rings. The van der Waals surface area contributed by atoms with Gasteiger partial charge in [0.1, 0.15) is 10.7 Å². The lowest BCUT2D eigenvalue weighted by Crippen LogP contribution is -2.43. The van der Waals surface area contributed by atoms with Gasteiger partial charge in [0, 0.05) is 19.1 Å². The molecule has 1 aliphatic rings. The van der Waals surface area contributed by atoms with Gasteiger partial charge in [-0.05, 0) is 37.0 Å². The van der Waals surface area contributed by atoms with Crippen LogP contribution in [0.25, 0.3) is 0 Å². The minimum atomic E-state index is -3.77. The minimum absolute atomic E-state index is 0.0117. The van der Waals surface area contributed by atoms with E-state index in [1.54, 1.807) is 6.07 Å². The van der Waals surface area contributed by atoms with Crippen molar-refractivity contribution >= 4 is 10.0 Å². The zero-order chi connectivity index (χ0) is 15.5. The van der Waals surface area contributed by atoms with E-state index in [4.69, 9.17) is 5.73 Å². The van der Waals surface area contributed by atoms with Crippen LogP contribution in [-0.2, 0) is 16.6 Å². The summed E-state index contributed by atoms with van der Waals surface area (Å²) < 4.78 is 41.1. The highest BCUT2D eigenvalue weighted by Gasteiger charge is 2.34. The first kappa shape index (κ1) is 16.4. The normalized spacial score (nSPS) is 20.6. The molecule has 0 spiro atoms. The van der Waals surface area contributed by atoms with Crippen molar-refractivity contribution in [1.29, 1.82) is 0 Å². The molecular weight excluding hydrogens is 291 g/mol. The lowest BCUT2D eigenvalue weighted by atomic mass is 10.0. The van der Waals surface area contributed by atoms with Crippen molar-refractivity contribution < 1.29 is 12.8 Å². The van der Waals surface area contributed by atoms with Crippen LogP contribution >= 0.6 is 0 Å². The summed E-state index contributed by atoms with van der Waals surface area (Å²) in [7, 11) is -3.77. The van der Waals surface area contributed by atoms with E-state index in [-0.39, 0.29) is 17.5 Å². The predicted molar refractivity (Wildman–Crippen MR) is 80.7 cm³/mol. The van der Waals surface area contributed by atoms with Crippen molar-refractivity contribution in [3.05, 3.63) is 29.6 Å². The second-order valence-electron chi connectivity index (χ2n) is 5.52. The molecule has 6 heteroatoms. The highest BCUT2D eigenvalue weighted by molar-refractivity contribution is 7.89. The summed E-state index contributed by atoms with van der Waals surface area (Å²) in [6.07, 6.45) is 4.47. The lowest BCUT2D eigenvalue weighted by molar-refractivity contribution is 0.239. The van der Waals surface area contributed by atoms with E-state index in [1.165, 1.54) is 16.4 Å². The summed E-state index contributed by atoms with van der Waals surface area (Å²) in [5.74, 6) is -0.709. The number of piperidine rings is 1. The number of halogens is 1. The van der Waals surface area contributed by atoms with Gasteiger partial charge in [-0.1, -0.05) is 25.8 Å². The highest BCUT2D eigenvalue weighted by Crippen LogP contribution is 2.29. The zero-order valence-electron chi connectivity index (χ0n) is 12.4. The monoisotopic (exact) mass is 314 g/mol. The van der Waals surface area contributed by atoms with Crippen LogP contribution in [0.5, 0.6) is 0 Å².